The zero-order chi connectivity index (χ0) is 15.8. The van der Waals surface area contributed by atoms with Crippen LogP contribution in [0, 0.1) is 0 Å². The summed E-state index contributed by atoms with van der Waals surface area (Å²) < 4.78 is 5.51. The van der Waals surface area contributed by atoms with Gasteiger partial charge in [0.15, 0.2) is 0 Å². The minimum atomic E-state index is -0.473. The maximum Gasteiger partial charge on any atom is 0.353 e. The quantitative estimate of drug-likeness (QED) is 0.574. The van der Waals surface area contributed by atoms with Crippen molar-refractivity contribution >= 4 is 11.8 Å². The molecule has 0 amide bonds. The van der Waals surface area contributed by atoms with Crippen molar-refractivity contribution in [2.45, 2.75) is 17.1 Å². The fourth-order valence-corrected chi connectivity index (χ4v) is 3.79. The lowest BCUT2D eigenvalue weighted by atomic mass is 10.1. The molecule has 2 aromatic carbocycles. The van der Waals surface area contributed by atoms with Crippen molar-refractivity contribution in [2.75, 3.05) is 0 Å². The van der Waals surface area contributed by atoms with E-state index in [1.165, 1.54) is 11.8 Å². The third-order valence-corrected chi connectivity index (χ3v) is 5.14. The molecule has 0 spiro atoms. The Morgan fingerprint density at radius 3 is 2.61 bits per heavy atom. The molecule has 0 atom stereocenters. The Balaban J connectivity index is 1.71. The van der Waals surface area contributed by atoms with Gasteiger partial charge >= 0.3 is 5.63 Å². The number of thioether (sulfide) groups is 1. The van der Waals surface area contributed by atoms with Gasteiger partial charge in [-0.1, -0.05) is 54.6 Å². The fraction of sp³-hybridized carbons (Fsp3) is 0.105. The van der Waals surface area contributed by atoms with Crippen LogP contribution < -0.4 is 5.63 Å². The van der Waals surface area contributed by atoms with Crippen LogP contribution in [0.3, 0.4) is 0 Å². The Morgan fingerprint density at radius 2 is 1.78 bits per heavy atom. The van der Waals surface area contributed by atoms with Gasteiger partial charge in [-0.25, -0.2) is 4.79 Å². The summed E-state index contributed by atoms with van der Waals surface area (Å²) in [7, 11) is 0. The van der Waals surface area contributed by atoms with E-state index in [0.29, 0.717) is 28.4 Å². The van der Waals surface area contributed by atoms with Crippen molar-refractivity contribution in [3.63, 3.8) is 0 Å². The zero-order valence-electron chi connectivity index (χ0n) is 12.3. The molecular formula is C19H14O3S. The fourth-order valence-electron chi connectivity index (χ4n) is 2.87. The first-order chi connectivity index (χ1) is 11.2. The molecule has 0 aliphatic heterocycles. The smallest absolute Gasteiger partial charge is 0.353 e. The van der Waals surface area contributed by atoms with Crippen LogP contribution in [0.2, 0.25) is 0 Å². The lowest BCUT2D eigenvalue weighted by molar-refractivity contribution is 0.424. The van der Waals surface area contributed by atoms with Crippen molar-refractivity contribution in [1.29, 1.82) is 0 Å². The second kappa shape index (κ2) is 5.63. The first kappa shape index (κ1) is 14.2. The van der Waals surface area contributed by atoms with E-state index in [-0.39, 0.29) is 5.75 Å². The van der Waals surface area contributed by atoms with E-state index in [4.69, 9.17) is 4.42 Å². The SMILES string of the molecule is O=c1oc2c(c(O)c1SCc1ccccc1)Cc1ccccc1-2. The van der Waals surface area contributed by atoms with Gasteiger partial charge in [-0.3, -0.25) is 0 Å². The Labute approximate surface area is 137 Å². The van der Waals surface area contributed by atoms with Gasteiger partial charge in [0, 0.05) is 23.3 Å². The monoisotopic (exact) mass is 322 g/mol. The van der Waals surface area contributed by atoms with Crippen molar-refractivity contribution in [3.8, 4) is 17.1 Å². The van der Waals surface area contributed by atoms with Gasteiger partial charge in [0.1, 0.15) is 16.4 Å². The molecule has 1 heterocycles. The molecular weight excluding hydrogens is 308 g/mol. The van der Waals surface area contributed by atoms with Crippen molar-refractivity contribution in [2.24, 2.45) is 0 Å². The van der Waals surface area contributed by atoms with Gasteiger partial charge in [0.2, 0.25) is 0 Å². The van der Waals surface area contributed by atoms with Gasteiger partial charge in [0.25, 0.3) is 0 Å². The van der Waals surface area contributed by atoms with Gasteiger partial charge < -0.3 is 9.52 Å². The summed E-state index contributed by atoms with van der Waals surface area (Å²) in [6, 6.07) is 17.6. The largest absolute Gasteiger partial charge is 0.506 e. The Kier molecular flexibility index (Phi) is 3.46. The highest BCUT2D eigenvalue weighted by molar-refractivity contribution is 7.98. The summed E-state index contributed by atoms with van der Waals surface area (Å²) in [6.07, 6.45) is 0.597. The third-order valence-electron chi connectivity index (χ3n) is 4.01. The number of hydrogen-bond donors (Lipinski definition) is 1. The van der Waals surface area contributed by atoms with E-state index in [9.17, 15) is 9.90 Å². The molecule has 0 bridgehead atoms. The summed E-state index contributed by atoms with van der Waals surface area (Å²) in [5.41, 5.74) is 3.31. The number of rotatable bonds is 3. The van der Waals surface area contributed by atoms with Crippen LogP contribution in [0.25, 0.3) is 11.3 Å². The molecule has 1 aromatic heterocycles. The minimum Gasteiger partial charge on any atom is -0.506 e. The predicted octanol–water partition coefficient (Wildman–Crippen LogP) is 4.21. The standard InChI is InChI=1S/C19H14O3S/c20-16-15-10-13-8-4-5-9-14(13)17(15)22-19(21)18(16)23-11-12-6-2-1-3-7-12/h1-9,20H,10-11H2. The third kappa shape index (κ3) is 2.45. The van der Waals surface area contributed by atoms with E-state index in [1.54, 1.807) is 0 Å². The van der Waals surface area contributed by atoms with Crippen molar-refractivity contribution in [1.82, 2.24) is 0 Å². The molecule has 0 fully saturated rings. The van der Waals surface area contributed by atoms with E-state index in [0.717, 1.165) is 16.7 Å². The van der Waals surface area contributed by atoms with E-state index in [2.05, 4.69) is 0 Å². The molecule has 0 unspecified atom stereocenters. The molecule has 3 nitrogen and oxygen atoms in total. The molecule has 0 saturated heterocycles. The average molecular weight is 322 g/mol. The van der Waals surface area contributed by atoms with Crippen molar-refractivity contribution in [3.05, 3.63) is 81.7 Å². The Hall–Kier alpha value is -2.46. The molecule has 0 saturated carbocycles. The lowest BCUT2D eigenvalue weighted by Crippen LogP contribution is -2.04. The number of fused-ring (bicyclic) bond motifs is 3. The van der Waals surface area contributed by atoms with Crippen LogP contribution >= 0.6 is 11.8 Å². The van der Waals surface area contributed by atoms with Gasteiger partial charge in [-0.2, -0.15) is 0 Å². The van der Waals surface area contributed by atoms with Crippen LogP contribution in [0.1, 0.15) is 16.7 Å². The highest BCUT2D eigenvalue weighted by atomic mass is 32.2. The average Bonchev–Trinajstić information content (AvgIpc) is 2.95. The maximum atomic E-state index is 12.3. The number of aromatic hydroxyl groups is 1. The maximum absolute atomic E-state index is 12.3. The highest BCUT2D eigenvalue weighted by Crippen LogP contribution is 2.43. The molecule has 0 radical (unpaired) electrons. The van der Waals surface area contributed by atoms with Crippen molar-refractivity contribution < 1.29 is 9.52 Å². The van der Waals surface area contributed by atoms with Crippen LogP contribution in [0.15, 0.2) is 68.7 Å². The summed E-state index contributed by atoms with van der Waals surface area (Å²) in [6.45, 7) is 0. The second-order valence-electron chi connectivity index (χ2n) is 5.48. The Morgan fingerprint density at radius 1 is 1.04 bits per heavy atom. The van der Waals surface area contributed by atoms with Crippen LogP contribution in [0.4, 0.5) is 0 Å². The van der Waals surface area contributed by atoms with Crippen LogP contribution in [0.5, 0.6) is 5.75 Å². The van der Waals surface area contributed by atoms with Gasteiger partial charge in [0.05, 0.1) is 0 Å². The molecule has 23 heavy (non-hydrogen) atoms. The summed E-state index contributed by atoms with van der Waals surface area (Å²) in [5, 5.41) is 10.6. The summed E-state index contributed by atoms with van der Waals surface area (Å²) in [4.78, 5) is 12.6. The minimum absolute atomic E-state index is 0.0633. The molecule has 114 valence electrons. The van der Waals surface area contributed by atoms with Crippen LogP contribution in [-0.4, -0.2) is 5.11 Å². The lowest BCUT2D eigenvalue weighted by Gasteiger charge is -2.07. The first-order valence-corrected chi connectivity index (χ1v) is 8.36. The number of hydrogen-bond acceptors (Lipinski definition) is 4. The normalized spacial score (nSPS) is 12.0. The van der Waals surface area contributed by atoms with E-state index < -0.39 is 5.63 Å². The van der Waals surface area contributed by atoms with E-state index >= 15 is 0 Å². The van der Waals surface area contributed by atoms with Crippen LogP contribution in [-0.2, 0) is 12.2 Å². The van der Waals surface area contributed by atoms with Gasteiger partial charge in [-0.05, 0) is 11.1 Å². The molecule has 1 N–H and O–H groups in total. The highest BCUT2D eigenvalue weighted by Gasteiger charge is 2.27. The molecule has 1 aliphatic rings. The topological polar surface area (TPSA) is 50.4 Å². The predicted molar refractivity (Wildman–Crippen MR) is 90.9 cm³/mol. The summed E-state index contributed by atoms with van der Waals surface area (Å²) >= 11 is 1.32. The van der Waals surface area contributed by atoms with Gasteiger partial charge in [-0.15, -0.1) is 11.8 Å². The molecule has 1 aliphatic carbocycles. The molecule has 4 rings (SSSR count). The summed E-state index contributed by atoms with van der Waals surface area (Å²) in [5.74, 6) is 1.19. The molecule has 3 aromatic rings. The Bertz CT molecular complexity index is 929. The second-order valence-corrected chi connectivity index (χ2v) is 6.47. The molecule has 4 heteroatoms. The van der Waals surface area contributed by atoms with E-state index in [1.807, 2.05) is 54.6 Å². The zero-order valence-corrected chi connectivity index (χ0v) is 13.1. The number of benzene rings is 2. The first-order valence-electron chi connectivity index (χ1n) is 7.38.